The fraction of sp³-hybridized carbons (Fsp3) is 0.0714. The molecule has 2 aromatic carbocycles. The van der Waals surface area contributed by atoms with E-state index in [1.54, 1.807) is 18.2 Å². The van der Waals surface area contributed by atoms with E-state index in [1.807, 2.05) is 6.07 Å². The fourth-order valence-corrected chi connectivity index (χ4v) is 2.15. The smallest absolute Gasteiger partial charge is 0.338 e. The number of halogens is 1. The van der Waals surface area contributed by atoms with Gasteiger partial charge >= 0.3 is 5.97 Å². The van der Waals surface area contributed by atoms with Crippen molar-refractivity contribution in [3.63, 3.8) is 0 Å². The maximum atomic E-state index is 11.4. The Morgan fingerprint density at radius 2 is 2.05 bits per heavy atom. The summed E-state index contributed by atoms with van der Waals surface area (Å²) in [6, 6.07) is 11.4. The number of nitrogens with zero attached hydrogens (tertiary/aromatic N) is 1. The van der Waals surface area contributed by atoms with Crippen LogP contribution in [0.2, 0.25) is 0 Å². The summed E-state index contributed by atoms with van der Waals surface area (Å²) in [5, 5.41) is 14.1. The molecule has 0 saturated heterocycles. The van der Waals surface area contributed by atoms with Crippen LogP contribution in [-0.2, 0) is 4.74 Å². The number of benzene rings is 2. The zero-order valence-corrected chi connectivity index (χ0v) is 12.6. The zero-order chi connectivity index (χ0) is 15.4. The lowest BCUT2D eigenvalue weighted by Gasteiger charge is -2.08. The molecular weight excluding hydrogens is 340 g/mol. The van der Waals surface area contributed by atoms with Gasteiger partial charge in [0.05, 0.1) is 17.6 Å². The topological polar surface area (TPSA) is 81.5 Å². The maximum absolute atomic E-state index is 11.4. The van der Waals surface area contributed by atoms with E-state index in [4.69, 9.17) is 0 Å². The van der Waals surface area contributed by atoms with Crippen LogP contribution in [0, 0.1) is 10.1 Å². The molecule has 2 rings (SSSR count). The average Bonchev–Trinajstić information content (AvgIpc) is 2.46. The van der Waals surface area contributed by atoms with Crippen LogP contribution in [0.25, 0.3) is 0 Å². The third-order valence-corrected chi connectivity index (χ3v) is 3.21. The van der Waals surface area contributed by atoms with E-state index >= 15 is 0 Å². The van der Waals surface area contributed by atoms with Crippen molar-refractivity contribution in [3.05, 3.63) is 62.6 Å². The highest BCUT2D eigenvalue weighted by atomic mass is 79.9. The first-order valence-corrected chi connectivity index (χ1v) is 6.70. The Kier molecular flexibility index (Phi) is 4.54. The standard InChI is InChI=1S/C14H11BrN2O4/c1-21-14(18)9-5-6-12(13(7-9)17(19)20)16-11-4-2-3-10(15)8-11/h2-8,16H,1H3. The van der Waals surface area contributed by atoms with Crippen molar-refractivity contribution in [2.45, 2.75) is 0 Å². The molecule has 0 bridgehead atoms. The number of methoxy groups -OCH3 is 1. The molecule has 0 aliphatic heterocycles. The molecule has 1 N–H and O–H groups in total. The Hall–Kier alpha value is -2.41. The SMILES string of the molecule is COC(=O)c1ccc(Nc2cccc(Br)c2)c([N+](=O)[O-])c1. The van der Waals surface area contributed by atoms with Gasteiger partial charge in [0, 0.05) is 16.2 Å². The molecule has 21 heavy (non-hydrogen) atoms. The van der Waals surface area contributed by atoms with Crippen LogP contribution in [0.15, 0.2) is 46.9 Å². The summed E-state index contributed by atoms with van der Waals surface area (Å²) in [5.41, 5.74) is 0.922. The van der Waals surface area contributed by atoms with Gasteiger partial charge in [-0.15, -0.1) is 0 Å². The van der Waals surface area contributed by atoms with E-state index in [-0.39, 0.29) is 11.3 Å². The number of ether oxygens (including phenoxy) is 1. The summed E-state index contributed by atoms with van der Waals surface area (Å²) in [6.07, 6.45) is 0. The zero-order valence-electron chi connectivity index (χ0n) is 11.0. The third kappa shape index (κ3) is 3.57. The molecule has 0 heterocycles. The maximum Gasteiger partial charge on any atom is 0.338 e. The quantitative estimate of drug-likeness (QED) is 0.513. The molecule has 7 heteroatoms. The van der Waals surface area contributed by atoms with Crippen molar-refractivity contribution in [1.82, 2.24) is 0 Å². The lowest BCUT2D eigenvalue weighted by molar-refractivity contribution is -0.383. The lowest BCUT2D eigenvalue weighted by atomic mass is 10.1. The fourth-order valence-electron chi connectivity index (χ4n) is 1.75. The van der Waals surface area contributed by atoms with Gasteiger partial charge in [0.15, 0.2) is 0 Å². The molecule has 2 aromatic rings. The van der Waals surface area contributed by atoms with Crippen molar-refractivity contribution in [3.8, 4) is 0 Å². The molecule has 0 spiro atoms. The van der Waals surface area contributed by atoms with Crippen molar-refractivity contribution < 1.29 is 14.5 Å². The molecule has 0 unspecified atom stereocenters. The summed E-state index contributed by atoms with van der Waals surface area (Å²) in [5.74, 6) is -0.618. The highest BCUT2D eigenvalue weighted by Gasteiger charge is 2.18. The summed E-state index contributed by atoms with van der Waals surface area (Å²) < 4.78 is 5.41. The summed E-state index contributed by atoms with van der Waals surface area (Å²) in [7, 11) is 1.22. The third-order valence-electron chi connectivity index (χ3n) is 2.72. The van der Waals surface area contributed by atoms with Gasteiger partial charge in [0.25, 0.3) is 5.69 Å². The van der Waals surface area contributed by atoms with Gasteiger partial charge in [-0.25, -0.2) is 4.79 Å². The van der Waals surface area contributed by atoms with Gasteiger partial charge in [-0.3, -0.25) is 10.1 Å². The Bertz CT molecular complexity index is 703. The van der Waals surface area contributed by atoms with Gasteiger partial charge in [0.1, 0.15) is 5.69 Å². The Labute approximate surface area is 129 Å². The number of nitro benzene ring substituents is 1. The number of carbonyl (C=O) groups is 1. The molecule has 108 valence electrons. The summed E-state index contributed by atoms with van der Waals surface area (Å²) in [6.45, 7) is 0. The first-order chi connectivity index (χ1) is 10.0. The normalized spacial score (nSPS) is 10.0. The Balaban J connectivity index is 2.39. The van der Waals surface area contributed by atoms with E-state index in [2.05, 4.69) is 26.0 Å². The van der Waals surface area contributed by atoms with E-state index in [0.29, 0.717) is 11.4 Å². The van der Waals surface area contributed by atoms with Crippen molar-refractivity contribution in [1.29, 1.82) is 0 Å². The van der Waals surface area contributed by atoms with Gasteiger partial charge in [-0.05, 0) is 30.3 Å². The predicted octanol–water partition coefficient (Wildman–Crippen LogP) is 3.89. The molecule has 0 fully saturated rings. The molecule has 0 amide bonds. The number of nitro groups is 1. The van der Waals surface area contributed by atoms with E-state index in [9.17, 15) is 14.9 Å². The van der Waals surface area contributed by atoms with Gasteiger partial charge in [-0.2, -0.15) is 0 Å². The molecule has 0 aliphatic carbocycles. The highest BCUT2D eigenvalue weighted by Crippen LogP contribution is 2.29. The van der Waals surface area contributed by atoms with Crippen LogP contribution >= 0.6 is 15.9 Å². The molecule has 0 atom stereocenters. The van der Waals surface area contributed by atoms with Crippen molar-refractivity contribution >= 4 is 39.0 Å². The van der Waals surface area contributed by atoms with Crippen LogP contribution < -0.4 is 5.32 Å². The van der Waals surface area contributed by atoms with Gasteiger partial charge in [0.2, 0.25) is 0 Å². The van der Waals surface area contributed by atoms with E-state index in [0.717, 1.165) is 4.47 Å². The second-order valence-electron chi connectivity index (χ2n) is 4.12. The first kappa shape index (κ1) is 15.0. The number of esters is 1. The highest BCUT2D eigenvalue weighted by molar-refractivity contribution is 9.10. The van der Waals surface area contributed by atoms with Crippen LogP contribution in [0.3, 0.4) is 0 Å². The lowest BCUT2D eigenvalue weighted by Crippen LogP contribution is -2.04. The first-order valence-electron chi connectivity index (χ1n) is 5.90. The van der Waals surface area contributed by atoms with Crippen LogP contribution in [0.5, 0.6) is 0 Å². The molecule has 0 radical (unpaired) electrons. The number of hydrogen-bond donors (Lipinski definition) is 1. The van der Waals surface area contributed by atoms with Crippen molar-refractivity contribution in [2.75, 3.05) is 12.4 Å². The monoisotopic (exact) mass is 350 g/mol. The number of carbonyl (C=O) groups excluding carboxylic acids is 1. The summed E-state index contributed by atoms with van der Waals surface area (Å²) in [4.78, 5) is 22.0. The minimum atomic E-state index is -0.618. The molecule has 6 nitrogen and oxygen atoms in total. The molecule has 0 aromatic heterocycles. The minimum Gasteiger partial charge on any atom is -0.465 e. The largest absolute Gasteiger partial charge is 0.465 e. The number of hydrogen-bond acceptors (Lipinski definition) is 5. The van der Waals surface area contributed by atoms with Crippen LogP contribution in [-0.4, -0.2) is 18.0 Å². The van der Waals surface area contributed by atoms with Crippen LogP contribution in [0.4, 0.5) is 17.1 Å². The minimum absolute atomic E-state index is 0.129. The number of rotatable bonds is 4. The van der Waals surface area contributed by atoms with Crippen LogP contribution in [0.1, 0.15) is 10.4 Å². The summed E-state index contributed by atoms with van der Waals surface area (Å²) >= 11 is 3.33. The van der Waals surface area contributed by atoms with Gasteiger partial charge in [-0.1, -0.05) is 22.0 Å². The van der Waals surface area contributed by atoms with Gasteiger partial charge < -0.3 is 10.1 Å². The Morgan fingerprint density at radius 3 is 2.67 bits per heavy atom. The average molecular weight is 351 g/mol. The second-order valence-corrected chi connectivity index (χ2v) is 5.03. The number of anilines is 2. The number of nitrogens with one attached hydrogen (secondary N) is 1. The Morgan fingerprint density at radius 1 is 1.29 bits per heavy atom. The second kappa shape index (κ2) is 6.36. The predicted molar refractivity (Wildman–Crippen MR) is 81.9 cm³/mol. The molecular formula is C14H11BrN2O4. The molecule has 0 saturated carbocycles. The van der Waals surface area contributed by atoms with Crippen molar-refractivity contribution in [2.24, 2.45) is 0 Å². The molecule has 0 aliphatic rings. The van der Waals surface area contributed by atoms with E-state index < -0.39 is 10.9 Å². The van der Waals surface area contributed by atoms with E-state index in [1.165, 1.54) is 25.3 Å².